The van der Waals surface area contributed by atoms with E-state index in [1.54, 1.807) is 37.6 Å². The Morgan fingerprint density at radius 3 is 2.91 bits per heavy atom. The lowest BCUT2D eigenvalue weighted by molar-refractivity contribution is 0.364. The minimum absolute atomic E-state index is 0.0732. The van der Waals surface area contributed by atoms with Crippen LogP contribution in [0.4, 0.5) is 10.3 Å². The molecule has 1 fully saturated rings. The summed E-state index contributed by atoms with van der Waals surface area (Å²) in [5.41, 5.74) is 1.70. The van der Waals surface area contributed by atoms with Crippen LogP contribution in [0.3, 0.4) is 0 Å². The summed E-state index contributed by atoms with van der Waals surface area (Å²) in [6.07, 6.45) is 5.08. The normalized spacial score (nSPS) is 15.9. The van der Waals surface area contributed by atoms with Crippen LogP contribution >= 0.6 is 0 Å². The zero-order valence-electron chi connectivity index (χ0n) is 19.7. The quantitative estimate of drug-likeness (QED) is 0.404. The summed E-state index contributed by atoms with van der Waals surface area (Å²) < 4.78 is 22.8. The molecule has 0 aliphatic carbocycles. The van der Waals surface area contributed by atoms with Gasteiger partial charge in [0.25, 0.3) is 0 Å². The summed E-state index contributed by atoms with van der Waals surface area (Å²) in [7, 11) is 1.58. The van der Waals surface area contributed by atoms with E-state index in [1.807, 2.05) is 18.2 Å². The Morgan fingerprint density at radius 1 is 1.23 bits per heavy atom. The van der Waals surface area contributed by atoms with Crippen molar-refractivity contribution in [1.82, 2.24) is 24.4 Å². The number of fused-ring (bicyclic) bond motifs is 1. The average Bonchev–Trinajstić information content (AvgIpc) is 3.16. The molecule has 5 rings (SSSR count). The van der Waals surface area contributed by atoms with Crippen LogP contribution in [0.5, 0.6) is 5.75 Å². The number of nitrogens with one attached hydrogen (secondary N) is 2. The highest BCUT2D eigenvalue weighted by Gasteiger charge is 2.19. The predicted octanol–water partition coefficient (Wildman–Crippen LogP) is 3.58. The van der Waals surface area contributed by atoms with Gasteiger partial charge in [-0.25, -0.2) is 18.7 Å². The van der Waals surface area contributed by atoms with E-state index in [9.17, 15) is 9.18 Å². The number of halogens is 1. The molecule has 1 atom stereocenters. The van der Waals surface area contributed by atoms with Crippen molar-refractivity contribution < 1.29 is 9.13 Å². The smallest absolute Gasteiger partial charge is 0.335 e. The van der Waals surface area contributed by atoms with Gasteiger partial charge in [-0.2, -0.15) is 4.98 Å². The van der Waals surface area contributed by atoms with Gasteiger partial charge in [-0.15, -0.1) is 0 Å². The highest BCUT2D eigenvalue weighted by molar-refractivity contribution is 5.74. The second-order valence-electron chi connectivity index (χ2n) is 8.83. The van der Waals surface area contributed by atoms with E-state index >= 15 is 0 Å². The number of piperidine rings is 1. The van der Waals surface area contributed by atoms with Gasteiger partial charge in [0.05, 0.1) is 25.5 Å². The first kappa shape index (κ1) is 23.0. The molecule has 9 heteroatoms. The largest absolute Gasteiger partial charge is 0.497 e. The van der Waals surface area contributed by atoms with E-state index < -0.39 is 0 Å². The van der Waals surface area contributed by atoms with Gasteiger partial charge in [0.2, 0.25) is 5.95 Å². The van der Waals surface area contributed by atoms with E-state index in [4.69, 9.17) is 9.72 Å². The maximum absolute atomic E-state index is 14.4. The molecule has 0 bridgehead atoms. The monoisotopic (exact) mass is 476 g/mol. The molecule has 1 aliphatic heterocycles. The minimum atomic E-state index is -0.363. The molecule has 8 nitrogen and oxygen atoms in total. The highest BCUT2D eigenvalue weighted by Crippen LogP contribution is 2.22. The molecular formula is C26H29FN6O2. The number of hydrogen-bond acceptors (Lipinski definition) is 6. The molecule has 182 valence electrons. The molecule has 2 N–H and O–H groups in total. The van der Waals surface area contributed by atoms with Gasteiger partial charge >= 0.3 is 5.69 Å². The first-order chi connectivity index (χ1) is 17.1. The number of methoxy groups -OCH3 is 1. The lowest BCUT2D eigenvalue weighted by atomic mass is 9.96. The van der Waals surface area contributed by atoms with E-state index in [0.717, 1.165) is 26.1 Å². The van der Waals surface area contributed by atoms with Crippen molar-refractivity contribution in [3.05, 3.63) is 76.6 Å². The first-order valence-corrected chi connectivity index (χ1v) is 11.9. The number of rotatable bonds is 8. The van der Waals surface area contributed by atoms with Crippen molar-refractivity contribution in [2.75, 3.05) is 32.1 Å². The predicted molar refractivity (Wildman–Crippen MR) is 134 cm³/mol. The maximum Gasteiger partial charge on any atom is 0.335 e. The number of imidazole rings is 1. The molecule has 1 aliphatic rings. The molecule has 3 heterocycles. The minimum Gasteiger partial charge on any atom is -0.497 e. The number of benzene rings is 2. The third-order valence-corrected chi connectivity index (χ3v) is 6.51. The molecule has 1 unspecified atom stereocenters. The van der Waals surface area contributed by atoms with Crippen LogP contribution in [-0.4, -0.2) is 45.8 Å². The summed E-state index contributed by atoms with van der Waals surface area (Å²) in [5, 5.41) is 6.75. The van der Waals surface area contributed by atoms with Crippen LogP contribution in [0.25, 0.3) is 16.9 Å². The molecule has 4 aromatic rings. The Morgan fingerprint density at radius 2 is 2.11 bits per heavy atom. The van der Waals surface area contributed by atoms with Gasteiger partial charge in [0.1, 0.15) is 17.1 Å². The fraction of sp³-hybridized carbons (Fsp3) is 0.346. The Kier molecular flexibility index (Phi) is 6.76. The van der Waals surface area contributed by atoms with Gasteiger partial charge in [-0.3, -0.25) is 4.57 Å². The summed E-state index contributed by atoms with van der Waals surface area (Å²) in [4.78, 5) is 22.8. The third-order valence-electron chi connectivity index (χ3n) is 6.51. The van der Waals surface area contributed by atoms with Crippen molar-refractivity contribution in [2.24, 2.45) is 5.92 Å². The van der Waals surface area contributed by atoms with Crippen LogP contribution < -0.4 is 21.1 Å². The Bertz CT molecular complexity index is 1380. The van der Waals surface area contributed by atoms with Crippen molar-refractivity contribution in [2.45, 2.75) is 25.8 Å². The Balaban J connectivity index is 1.52. The summed E-state index contributed by atoms with van der Waals surface area (Å²) in [6, 6.07) is 13.7. The van der Waals surface area contributed by atoms with E-state index in [1.165, 1.54) is 28.0 Å². The van der Waals surface area contributed by atoms with Crippen molar-refractivity contribution >= 4 is 17.1 Å². The van der Waals surface area contributed by atoms with Crippen LogP contribution in [-0.2, 0) is 6.54 Å². The van der Waals surface area contributed by atoms with Crippen LogP contribution in [0.1, 0.15) is 24.8 Å². The van der Waals surface area contributed by atoms with Crippen LogP contribution in [0.2, 0.25) is 0 Å². The number of aromatic nitrogens is 4. The van der Waals surface area contributed by atoms with Crippen molar-refractivity contribution in [3.8, 4) is 11.4 Å². The second-order valence-corrected chi connectivity index (χ2v) is 8.83. The van der Waals surface area contributed by atoms with Crippen LogP contribution in [0, 0.1) is 11.7 Å². The second kappa shape index (κ2) is 10.3. The number of hydrogen-bond donors (Lipinski definition) is 2. The lowest BCUT2D eigenvalue weighted by Gasteiger charge is -2.22. The number of nitrogens with zero attached hydrogens (tertiary/aromatic N) is 4. The SMILES string of the molecule is COc1cccc(-n2c(=O)n(Cc3ccccc3F)c3cnc(NCCC4CCCNC4)nc32)c1. The number of ether oxygens (including phenoxy) is 1. The van der Waals surface area contributed by atoms with Crippen LogP contribution in [0.15, 0.2) is 59.5 Å². The topological polar surface area (TPSA) is 86.0 Å². The Labute approximate surface area is 202 Å². The van der Waals surface area contributed by atoms with Gasteiger partial charge in [0, 0.05) is 18.2 Å². The highest BCUT2D eigenvalue weighted by atomic mass is 19.1. The molecule has 1 saturated heterocycles. The zero-order chi connectivity index (χ0) is 24.2. The summed E-state index contributed by atoms with van der Waals surface area (Å²) >= 11 is 0. The van der Waals surface area contributed by atoms with E-state index in [0.29, 0.717) is 40.0 Å². The van der Waals surface area contributed by atoms with Crippen molar-refractivity contribution in [1.29, 1.82) is 0 Å². The molecule has 0 spiro atoms. The standard InChI is InChI=1S/C26H29FN6O2/c1-35-21-9-4-8-20(14-21)33-24-23(32(26(33)34)17-19-7-2-3-10-22(19)27)16-30-25(31-24)29-13-11-18-6-5-12-28-15-18/h2-4,7-10,14,16,18,28H,5-6,11-13,15,17H2,1H3,(H,29,30,31). The molecular weight excluding hydrogens is 447 g/mol. The summed E-state index contributed by atoms with van der Waals surface area (Å²) in [5.74, 6) is 1.36. The first-order valence-electron chi connectivity index (χ1n) is 11.9. The lowest BCUT2D eigenvalue weighted by Crippen LogP contribution is -2.30. The molecule has 35 heavy (non-hydrogen) atoms. The molecule has 0 saturated carbocycles. The van der Waals surface area contributed by atoms with Gasteiger partial charge < -0.3 is 15.4 Å². The van der Waals surface area contributed by atoms with Gasteiger partial charge in [-0.05, 0) is 56.5 Å². The third kappa shape index (κ3) is 4.90. The summed E-state index contributed by atoms with van der Waals surface area (Å²) in [6.45, 7) is 2.95. The fourth-order valence-corrected chi connectivity index (χ4v) is 4.61. The molecule has 0 radical (unpaired) electrons. The zero-order valence-corrected chi connectivity index (χ0v) is 19.7. The number of anilines is 1. The fourth-order valence-electron chi connectivity index (χ4n) is 4.61. The van der Waals surface area contributed by atoms with Gasteiger partial charge in [-0.1, -0.05) is 24.3 Å². The molecule has 2 aromatic heterocycles. The van der Waals surface area contributed by atoms with E-state index in [2.05, 4.69) is 15.6 Å². The van der Waals surface area contributed by atoms with Crippen molar-refractivity contribution in [3.63, 3.8) is 0 Å². The maximum atomic E-state index is 14.4. The average molecular weight is 477 g/mol. The molecule has 2 aromatic carbocycles. The van der Waals surface area contributed by atoms with E-state index in [-0.39, 0.29) is 18.1 Å². The molecule has 0 amide bonds. The Hall–Kier alpha value is -3.72. The van der Waals surface area contributed by atoms with Gasteiger partial charge in [0.15, 0.2) is 5.65 Å².